The van der Waals surface area contributed by atoms with Crippen LogP contribution in [0.5, 0.6) is 0 Å². The zero-order chi connectivity index (χ0) is 15.7. The second-order valence-corrected chi connectivity index (χ2v) is 6.02. The van der Waals surface area contributed by atoms with E-state index < -0.39 is 8.25 Å². The van der Waals surface area contributed by atoms with E-state index in [1.165, 1.54) is 0 Å². The molecule has 0 aliphatic heterocycles. The second kappa shape index (κ2) is 6.36. The molecule has 1 atom stereocenters. The molecule has 0 fully saturated rings. The van der Waals surface area contributed by atoms with Gasteiger partial charge in [0.05, 0.1) is 39.9 Å². The molecule has 0 aliphatic rings. The monoisotopic (exact) mass is 357 g/mol. The Bertz CT molecular complexity index is 855. The van der Waals surface area contributed by atoms with Gasteiger partial charge in [0.15, 0.2) is 0 Å². The first-order valence-corrected chi connectivity index (χ1v) is 8.20. The molecule has 114 valence electrons. The number of hydrogen-bond acceptors (Lipinski definition) is 4. The number of pyridine rings is 1. The number of benzene rings is 1. The number of hydrogen-bond donors (Lipinski definition) is 1. The standard InChI is InChI=1S/C13H10Cl2N3O3P/c14-10-2-1-9-11(18-4-3-16-7-18)5-8(6-21-22(19)20)17-13(9)12(10)15/h1-5,7,22H,6H2,(H,19,20). The molecule has 0 aliphatic carbocycles. The first-order valence-electron chi connectivity index (χ1n) is 6.18. The highest BCUT2D eigenvalue weighted by Gasteiger charge is 2.13. The Kier molecular flexibility index (Phi) is 4.47. The maximum atomic E-state index is 10.7. The lowest BCUT2D eigenvalue weighted by atomic mass is 10.1. The zero-order valence-electron chi connectivity index (χ0n) is 11.0. The van der Waals surface area contributed by atoms with Gasteiger partial charge in [0.1, 0.15) is 0 Å². The van der Waals surface area contributed by atoms with Gasteiger partial charge in [-0.3, -0.25) is 4.57 Å². The van der Waals surface area contributed by atoms with Gasteiger partial charge in [-0.15, -0.1) is 0 Å². The van der Waals surface area contributed by atoms with E-state index in [0.717, 1.165) is 11.1 Å². The summed E-state index contributed by atoms with van der Waals surface area (Å²) >= 11 is 12.3. The molecule has 0 saturated heterocycles. The summed E-state index contributed by atoms with van der Waals surface area (Å²) in [4.78, 5) is 17.2. The molecular formula is C13H10Cl2N3O3P. The Morgan fingerprint density at radius 3 is 2.86 bits per heavy atom. The van der Waals surface area contributed by atoms with Crippen LogP contribution in [-0.2, 0) is 15.7 Å². The van der Waals surface area contributed by atoms with E-state index >= 15 is 0 Å². The molecule has 0 bridgehead atoms. The van der Waals surface area contributed by atoms with Crippen molar-refractivity contribution in [3.8, 4) is 5.69 Å². The van der Waals surface area contributed by atoms with Crippen LogP contribution in [0.25, 0.3) is 16.6 Å². The van der Waals surface area contributed by atoms with Crippen molar-refractivity contribution in [2.75, 3.05) is 0 Å². The topological polar surface area (TPSA) is 77.2 Å². The van der Waals surface area contributed by atoms with E-state index in [0.29, 0.717) is 21.3 Å². The zero-order valence-corrected chi connectivity index (χ0v) is 13.5. The second-order valence-electron chi connectivity index (χ2n) is 4.41. The highest BCUT2D eigenvalue weighted by molar-refractivity contribution is 7.32. The average Bonchev–Trinajstić information content (AvgIpc) is 3.02. The third-order valence-electron chi connectivity index (χ3n) is 3.03. The van der Waals surface area contributed by atoms with Gasteiger partial charge in [-0.25, -0.2) is 9.97 Å². The Labute approximate surface area is 136 Å². The number of fused-ring (bicyclic) bond motifs is 1. The first kappa shape index (κ1) is 15.5. The van der Waals surface area contributed by atoms with Gasteiger partial charge < -0.3 is 14.0 Å². The van der Waals surface area contributed by atoms with E-state index in [2.05, 4.69) is 9.97 Å². The fraction of sp³-hybridized carbons (Fsp3) is 0.0769. The van der Waals surface area contributed by atoms with E-state index in [9.17, 15) is 4.57 Å². The van der Waals surface area contributed by atoms with Crippen molar-refractivity contribution < 1.29 is 14.0 Å². The van der Waals surface area contributed by atoms with Gasteiger partial charge in [0, 0.05) is 17.8 Å². The number of rotatable bonds is 4. The smallest absolute Gasteiger partial charge is 0.316 e. The molecule has 0 radical (unpaired) electrons. The van der Waals surface area contributed by atoms with Crippen LogP contribution < -0.4 is 0 Å². The maximum Gasteiger partial charge on any atom is 0.316 e. The van der Waals surface area contributed by atoms with Crippen molar-refractivity contribution in [1.29, 1.82) is 0 Å². The quantitative estimate of drug-likeness (QED) is 0.721. The lowest BCUT2D eigenvalue weighted by molar-refractivity contribution is 0.269. The largest absolute Gasteiger partial charge is 0.326 e. The molecule has 1 unspecified atom stereocenters. The summed E-state index contributed by atoms with van der Waals surface area (Å²) in [5, 5.41) is 1.49. The Hall–Kier alpha value is -1.43. The fourth-order valence-electron chi connectivity index (χ4n) is 2.09. The molecule has 0 amide bonds. The van der Waals surface area contributed by atoms with Crippen LogP contribution in [0.4, 0.5) is 0 Å². The lowest BCUT2D eigenvalue weighted by Crippen LogP contribution is -1.99. The maximum absolute atomic E-state index is 10.7. The van der Waals surface area contributed by atoms with E-state index in [4.69, 9.17) is 32.6 Å². The molecule has 1 aromatic carbocycles. The van der Waals surface area contributed by atoms with Gasteiger partial charge in [-0.1, -0.05) is 23.2 Å². The molecule has 3 aromatic rings. The summed E-state index contributed by atoms with van der Waals surface area (Å²) in [6, 6.07) is 5.25. The van der Waals surface area contributed by atoms with E-state index in [-0.39, 0.29) is 6.61 Å². The van der Waals surface area contributed by atoms with Crippen molar-refractivity contribution in [3.05, 3.63) is 52.7 Å². The predicted octanol–water partition coefficient (Wildman–Crippen LogP) is 3.63. The van der Waals surface area contributed by atoms with Crippen LogP contribution in [0.1, 0.15) is 5.69 Å². The number of nitrogens with zero attached hydrogens (tertiary/aromatic N) is 3. The van der Waals surface area contributed by atoms with Crippen LogP contribution in [0, 0.1) is 0 Å². The van der Waals surface area contributed by atoms with Gasteiger partial charge in [0.25, 0.3) is 0 Å². The number of imidazole rings is 1. The molecule has 0 saturated carbocycles. The minimum absolute atomic E-state index is 0.102. The average molecular weight is 358 g/mol. The van der Waals surface area contributed by atoms with Gasteiger partial charge in [-0.2, -0.15) is 0 Å². The fourth-order valence-corrected chi connectivity index (χ4v) is 2.72. The molecule has 6 nitrogen and oxygen atoms in total. The Morgan fingerprint density at radius 1 is 1.36 bits per heavy atom. The van der Waals surface area contributed by atoms with Crippen molar-refractivity contribution in [2.45, 2.75) is 6.61 Å². The summed E-state index contributed by atoms with van der Waals surface area (Å²) in [6.07, 6.45) is 5.06. The predicted molar refractivity (Wildman–Crippen MR) is 84.9 cm³/mol. The van der Waals surface area contributed by atoms with Gasteiger partial charge >= 0.3 is 8.25 Å². The van der Waals surface area contributed by atoms with E-state index in [1.54, 1.807) is 35.4 Å². The Morgan fingerprint density at radius 2 is 2.18 bits per heavy atom. The minimum atomic E-state index is -3.04. The van der Waals surface area contributed by atoms with Gasteiger partial charge in [-0.05, 0) is 18.2 Å². The van der Waals surface area contributed by atoms with Crippen molar-refractivity contribution >= 4 is 42.4 Å². The van der Waals surface area contributed by atoms with Gasteiger partial charge in [0.2, 0.25) is 0 Å². The summed E-state index contributed by atoms with van der Waals surface area (Å²) in [5.41, 5.74) is 1.74. The first-order chi connectivity index (χ1) is 10.6. The molecular weight excluding hydrogens is 348 g/mol. The highest BCUT2D eigenvalue weighted by Crippen LogP contribution is 2.33. The summed E-state index contributed by atoms with van der Waals surface area (Å²) in [6.45, 7) is -0.102. The van der Waals surface area contributed by atoms with Crippen LogP contribution >= 0.6 is 31.5 Å². The summed E-state index contributed by atoms with van der Waals surface area (Å²) in [5.74, 6) is 0. The molecule has 2 aromatic heterocycles. The summed E-state index contributed by atoms with van der Waals surface area (Å²) < 4.78 is 17.3. The van der Waals surface area contributed by atoms with Crippen LogP contribution in [-0.4, -0.2) is 19.4 Å². The summed E-state index contributed by atoms with van der Waals surface area (Å²) in [7, 11) is -3.04. The molecule has 22 heavy (non-hydrogen) atoms. The molecule has 9 heteroatoms. The molecule has 2 heterocycles. The molecule has 0 spiro atoms. The third-order valence-corrected chi connectivity index (χ3v) is 4.22. The van der Waals surface area contributed by atoms with Crippen molar-refractivity contribution in [2.24, 2.45) is 0 Å². The van der Waals surface area contributed by atoms with Crippen LogP contribution in [0.2, 0.25) is 10.0 Å². The lowest BCUT2D eigenvalue weighted by Gasteiger charge is -2.11. The van der Waals surface area contributed by atoms with E-state index in [1.807, 2.05) is 6.07 Å². The highest BCUT2D eigenvalue weighted by atomic mass is 35.5. The third kappa shape index (κ3) is 3.02. The molecule has 3 rings (SSSR count). The van der Waals surface area contributed by atoms with Crippen LogP contribution in [0.3, 0.4) is 0 Å². The van der Waals surface area contributed by atoms with Crippen molar-refractivity contribution in [3.63, 3.8) is 0 Å². The normalized spacial score (nSPS) is 12.7. The Balaban J connectivity index is 2.22. The van der Waals surface area contributed by atoms with Crippen LogP contribution in [0.15, 0.2) is 36.9 Å². The number of aromatic nitrogens is 3. The van der Waals surface area contributed by atoms with Crippen molar-refractivity contribution in [1.82, 2.24) is 14.5 Å². The number of halogens is 2. The SMILES string of the molecule is O=[PH](O)OCc1cc(-n2ccnc2)c2ccc(Cl)c(Cl)c2n1. The minimum Gasteiger partial charge on any atom is -0.326 e. The molecule has 1 N–H and O–H groups in total.